The van der Waals surface area contributed by atoms with Crippen LogP contribution in [0.3, 0.4) is 0 Å². The summed E-state index contributed by atoms with van der Waals surface area (Å²) in [6.07, 6.45) is 1.89. The topological polar surface area (TPSA) is 79.0 Å². The summed E-state index contributed by atoms with van der Waals surface area (Å²) in [5, 5.41) is 2.95. The van der Waals surface area contributed by atoms with E-state index in [1.807, 2.05) is 30.3 Å². The maximum Gasteiger partial charge on any atom is 0.254 e. The molecular weight excluding hydrogens is 406 g/mol. The summed E-state index contributed by atoms with van der Waals surface area (Å²) < 4.78 is 5.31. The molecule has 0 aliphatic carbocycles. The third kappa shape index (κ3) is 5.53. The van der Waals surface area contributed by atoms with Gasteiger partial charge < -0.3 is 19.9 Å². The van der Waals surface area contributed by atoms with E-state index in [-0.39, 0.29) is 23.6 Å². The number of amides is 3. The number of nitrogens with one attached hydrogen (secondary N) is 1. The van der Waals surface area contributed by atoms with Crippen molar-refractivity contribution in [2.24, 2.45) is 5.92 Å². The molecule has 2 aliphatic rings. The van der Waals surface area contributed by atoms with Gasteiger partial charge in [0.25, 0.3) is 5.91 Å². The molecule has 0 aromatic heterocycles. The summed E-state index contributed by atoms with van der Waals surface area (Å²) in [6, 6.07) is 16.7. The van der Waals surface area contributed by atoms with E-state index in [0.717, 1.165) is 18.4 Å². The van der Waals surface area contributed by atoms with Crippen LogP contribution in [0, 0.1) is 5.92 Å². The largest absolute Gasteiger partial charge is 0.378 e. The molecule has 2 saturated heterocycles. The van der Waals surface area contributed by atoms with Gasteiger partial charge in [0.1, 0.15) is 0 Å². The smallest absolute Gasteiger partial charge is 0.254 e. The van der Waals surface area contributed by atoms with Gasteiger partial charge in [-0.25, -0.2) is 0 Å². The van der Waals surface area contributed by atoms with E-state index in [1.165, 1.54) is 0 Å². The van der Waals surface area contributed by atoms with Gasteiger partial charge in [-0.2, -0.15) is 0 Å². The van der Waals surface area contributed by atoms with E-state index in [2.05, 4.69) is 5.32 Å². The van der Waals surface area contributed by atoms with Crippen molar-refractivity contribution in [3.8, 4) is 0 Å². The van der Waals surface area contributed by atoms with Crippen LogP contribution in [0.15, 0.2) is 54.6 Å². The summed E-state index contributed by atoms with van der Waals surface area (Å²) in [5.41, 5.74) is 2.13. The van der Waals surface area contributed by atoms with Crippen molar-refractivity contribution in [1.29, 1.82) is 0 Å². The number of piperidine rings is 1. The number of morpholine rings is 1. The molecule has 2 aromatic carbocycles. The van der Waals surface area contributed by atoms with Crippen molar-refractivity contribution in [3.05, 3.63) is 65.7 Å². The fourth-order valence-electron chi connectivity index (χ4n) is 4.22. The second kappa shape index (κ2) is 10.4. The number of carbonyl (C=O) groups excluding carboxylic acids is 3. The first-order chi connectivity index (χ1) is 15.6. The summed E-state index contributed by atoms with van der Waals surface area (Å²) in [5.74, 6) is -0.383. The van der Waals surface area contributed by atoms with Crippen molar-refractivity contribution >= 4 is 23.4 Å². The number of carbonyl (C=O) groups is 3. The molecule has 0 radical (unpaired) electrons. The fraction of sp³-hybridized carbons (Fsp3) is 0.400. The van der Waals surface area contributed by atoms with Gasteiger partial charge in [-0.1, -0.05) is 36.4 Å². The Kier molecular flexibility index (Phi) is 7.17. The number of nitrogens with zero attached hydrogens (tertiary/aromatic N) is 2. The van der Waals surface area contributed by atoms with E-state index >= 15 is 0 Å². The fourth-order valence-corrected chi connectivity index (χ4v) is 4.22. The highest BCUT2D eigenvalue weighted by molar-refractivity contribution is 5.98. The molecule has 32 heavy (non-hydrogen) atoms. The molecule has 2 fully saturated rings. The molecule has 0 bridgehead atoms. The molecule has 2 heterocycles. The van der Waals surface area contributed by atoms with Crippen LogP contribution >= 0.6 is 0 Å². The molecule has 2 aromatic rings. The monoisotopic (exact) mass is 435 g/mol. The predicted octanol–water partition coefficient (Wildman–Crippen LogP) is 2.58. The third-order valence-electron chi connectivity index (χ3n) is 6.02. The average Bonchev–Trinajstić information content (AvgIpc) is 2.85. The number of hydrogen-bond acceptors (Lipinski definition) is 4. The minimum absolute atomic E-state index is 0.0480. The lowest BCUT2D eigenvalue weighted by Crippen LogP contribution is -2.44. The Morgan fingerprint density at radius 2 is 1.72 bits per heavy atom. The van der Waals surface area contributed by atoms with Crippen LogP contribution in [0.2, 0.25) is 0 Å². The number of benzene rings is 2. The highest BCUT2D eigenvalue weighted by Crippen LogP contribution is 2.21. The third-order valence-corrected chi connectivity index (χ3v) is 6.02. The van der Waals surface area contributed by atoms with Gasteiger partial charge in [-0.15, -0.1) is 0 Å². The number of rotatable bonds is 5. The number of hydrogen-bond donors (Lipinski definition) is 1. The summed E-state index contributed by atoms with van der Waals surface area (Å²) in [7, 11) is 0. The van der Waals surface area contributed by atoms with Crippen molar-refractivity contribution in [1.82, 2.24) is 9.80 Å². The summed E-state index contributed by atoms with van der Waals surface area (Å²) >= 11 is 0. The maximum atomic E-state index is 12.9. The van der Waals surface area contributed by atoms with Gasteiger partial charge in [0, 0.05) is 37.4 Å². The number of likely N-dealkylation sites (tertiary alicyclic amines) is 1. The first kappa shape index (κ1) is 22.0. The van der Waals surface area contributed by atoms with Crippen LogP contribution < -0.4 is 5.32 Å². The van der Waals surface area contributed by atoms with Crippen LogP contribution in [0.5, 0.6) is 0 Å². The van der Waals surface area contributed by atoms with Crippen molar-refractivity contribution in [2.45, 2.75) is 19.3 Å². The lowest BCUT2D eigenvalue weighted by atomic mass is 9.96. The number of ether oxygens (including phenoxy) is 1. The zero-order valence-corrected chi connectivity index (χ0v) is 18.2. The molecule has 1 N–H and O–H groups in total. The molecule has 1 unspecified atom stereocenters. The molecular formula is C25H29N3O4. The second-order valence-electron chi connectivity index (χ2n) is 8.32. The quantitative estimate of drug-likeness (QED) is 0.783. The van der Waals surface area contributed by atoms with Gasteiger partial charge in [0.05, 0.1) is 25.6 Å². The summed E-state index contributed by atoms with van der Waals surface area (Å²) in [6.45, 7) is 3.34. The van der Waals surface area contributed by atoms with Gasteiger partial charge in [0.15, 0.2) is 0 Å². The first-order valence-electron chi connectivity index (χ1n) is 11.2. The van der Waals surface area contributed by atoms with Gasteiger partial charge in [0.2, 0.25) is 11.8 Å². The zero-order chi connectivity index (χ0) is 22.3. The van der Waals surface area contributed by atoms with E-state index in [4.69, 9.17) is 4.74 Å². The van der Waals surface area contributed by atoms with Crippen LogP contribution in [-0.4, -0.2) is 66.9 Å². The predicted molar refractivity (Wildman–Crippen MR) is 121 cm³/mol. The molecule has 1 atom stereocenters. The van der Waals surface area contributed by atoms with Crippen molar-refractivity contribution in [2.75, 3.05) is 44.7 Å². The average molecular weight is 436 g/mol. The van der Waals surface area contributed by atoms with E-state index in [9.17, 15) is 14.4 Å². The second-order valence-corrected chi connectivity index (χ2v) is 8.32. The van der Waals surface area contributed by atoms with Gasteiger partial charge in [-0.3, -0.25) is 14.4 Å². The Bertz CT molecular complexity index is 957. The summed E-state index contributed by atoms with van der Waals surface area (Å²) in [4.78, 5) is 41.9. The van der Waals surface area contributed by atoms with Gasteiger partial charge >= 0.3 is 0 Å². The highest BCUT2D eigenvalue weighted by atomic mass is 16.5. The van der Waals surface area contributed by atoms with E-state index in [1.54, 1.807) is 34.1 Å². The lowest BCUT2D eigenvalue weighted by Gasteiger charge is -2.32. The van der Waals surface area contributed by atoms with Gasteiger partial charge in [-0.05, 0) is 36.6 Å². The molecule has 0 saturated carbocycles. The Morgan fingerprint density at radius 1 is 0.938 bits per heavy atom. The SMILES string of the molecule is O=C(Nc1cccc(C(=O)N2CCOCC2)c1)C1CCCN(C(=O)Cc2ccccc2)C1. The molecule has 168 valence electrons. The van der Waals surface area contributed by atoms with Crippen LogP contribution in [0.25, 0.3) is 0 Å². The Hall–Kier alpha value is -3.19. The minimum atomic E-state index is -0.262. The zero-order valence-electron chi connectivity index (χ0n) is 18.2. The van der Waals surface area contributed by atoms with Crippen molar-refractivity contribution in [3.63, 3.8) is 0 Å². The molecule has 7 heteroatoms. The lowest BCUT2D eigenvalue weighted by molar-refractivity contribution is -0.133. The Labute approximate surface area is 188 Å². The van der Waals surface area contributed by atoms with Crippen LogP contribution in [-0.2, 0) is 20.7 Å². The standard InChI is InChI=1S/C25H29N3O4/c29-23(16-19-6-2-1-3-7-19)28-11-5-9-21(18-28)24(30)26-22-10-4-8-20(17-22)25(31)27-12-14-32-15-13-27/h1-4,6-8,10,17,21H,5,9,11-16,18H2,(H,26,30). The Balaban J connectivity index is 1.35. The molecule has 2 aliphatic heterocycles. The number of anilines is 1. The molecule has 3 amide bonds. The highest BCUT2D eigenvalue weighted by Gasteiger charge is 2.28. The van der Waals surface area contributed by atoms with Crippen LogP contribution in [0.4, 0.5) is 5.69 Å². The van der Waals surface area contributed by atoms with E-state index in [0.29, 0.717) is 57.1 Å². The normalized spacial score (nSPS) is 18.8. The maximum absolute atomic E-state index is 12.9. The first-order valence-corrected chi connectivity index (χ1v) is 11.2. The molecule has 7 nitrogen and oxygen atoms in total. The molecule has 4 rings (SSSR count). The molecule has 0 spiro atoms. The Morgan fingerprint density at radius 3 is 2.50 bits per heavy atom. The minimum Gasteiger partial charge on any atom is -0.378 e. The van der Waals surface area contributed by atoms with E-state index < -0.39 is 0 Å². The van der Waals surface area contributed by atoms with Crippen molar-refractivity contribution < 1.29 is 19.1 Å². The van der Waals surface area contributed by atoms with Crippen LogP contribution in [0.1, 0.15) is 28.8 Å².